The first kappa shape index (κ1) is 21.9. The van der Waals surface area contributed by atoms with Gasteiger partial charge in [-0.05, 0) is 44.0 Å². The molecule has 0 aliphatic rings. The van der Waals surface area contributed by atoms with Crippen LogP contribution in [0.5, 0.6) is 0 Å². The van der Waals surface area contributed by atoms with Crippen LogP contribution in [-0.4, -0.2) is 39.8 Å². The minimum atomic E-state index is -0.850. The average molecular weight is 419 g/mol. The third kappa shape index (κ3) is 6.88. The lowest BCUT2D eigenvalue weighted by Gasteiger charge is -2.23. The van der Waals surface area contributed by atoms with Crippen molar-refractivity contribution in [2.75, 3.05) is 0 Å². The van der Waals surface area contributed by atoms with Gasteiger partial charge in [0.25, 0.3) is 5.91 Å². The molecule has 3 aromatic rings. The molecule has 0 fully saturated rings. The predicted molar refractivity (Wildman–Crippen MR) is 119 cm³/mol. The molecule has 1 unspecified atom stereocenters. The van der Waals surface area contributed by atoms with Crippen LogP contribution >= 0.6 is 0 Å². The second kappa shape index (κ2) is 9.80. The zero-order valence-corrected chi connectivity index (χ0v) is 17.7. The number of benzene rings is 2. The van der Waals surface area contributed by atoms with Crippen LogP contribution in [0.3, 0.4) is 0 Å². The van der Waals surface area contributed by atoms with Crippen LogP contribution in [0.2, 0.25) is 0 Å². The Labute approximate surface area is 180 Å². The summed E-state index contributed by atoms with van der Waals surface area (Å²) in [5.74, 6) is -0.452. The lowest BCUT2D eigenvalue weighted by atomic mass is 10.1. The fourth-order valence-electron chi connectivity index (χ4n) is 2.82. The molecule has 0 saturated carbocycles. The molecule has 0 radical (unpaired) electrons. The van der Waals surface area contributed by atoms with Crippen molar-refractivity contribution in [3.8, 4) is 0 Å². The van der Waals surface area contributed by atoms with Gasteiger partial charge in [0.15, 0.2) is 0 Å². The second-order valence-electron chi connectivity index (χ2n) is 7.93. The van der Waals surface area contributed by atoms with E-state index in [4.69, 9.17) is 4.74 Å². The number of nitrogens with zero attached hydrogens (tertiary/aromatic N) is 3. The molecule has 2 aromatic carbocycles. The number of carbonyl (C=O) groups is 2. The number of amides is 2. The molecule has 1 aromatic heterocycles. The monoisotopic (exact) mass is 419 g/mol. The Kier molecular flexibility index (Phi) is 6.92. The van der Waals surface area contributed by atoms with E-state index in [1.807, 2.05) is 48.5 Å². The molecule has 160 valence electrons. The minimum absolute atomic E-state index is 0.299. The van der Waals surface area contributed by atoms with Crippen LogP contribution in [-0.2, 0) is 16.0 Å². The lowest BCUT2D eigenvalue weighted by Crippen LogP contribution is -2.48. The first-order valence-corrected chi connectivity index (χ1v) is 9.87. The third-order valence-electron chi connectivity index (χ3n) is 4.17. The summed E-state index contributed by atoms with van der Waals surface area (Å²) in [4.78, 5) is 33.4. The molecular formula is C23H25N5O3. The number of carbonyl (C=O) groups excluding carboxylic acids is 2. The van der Waals surface area contributed by atoms with Gasteiger partial charge in [-0.15, -0.1) is 0 Å². The highest BCUT2D eigenvalue weighted by Crippen LogP contribution is 2.10. The predicted octanol–water partition coefficient (Wildman–Crippen LogP) is 3.22. The number of nitrogens with one attached hydrogen (secondary N) is 2. The van der Waals surface area contributed by atoms with E-state index in [9.17, 15) is 9.59 Å². The first-order valence-electron chi connectivity index (χ1n) is 9.87. The summed E-state index contributed by atoms with van der Waals surface area (Å²) in [5.41, 5.74) is 4.98. The highest BCUT2D eigenvalue weighted by Gasteiger charge is 2.24. The number of ether oxygens (including phenoxy) is 1. The molecule has 8 heteroatoms. The summed E-state index contributed by atoms with van der Waals surface area (Å²) >= 11 is 0. The number of rotatable bonds is 6. The van der Waals surface area contributed by atoms with Gasteiger partial charge in [-0.1, -0.05) is 36.4 Å². The topological polar surface area (TPSA) is 106 Å². The average Bonchev–Trinajstić information content (AvgIpc) is 2.72. The highest BCUT2D eigenvalue weighted by atomic mass is 16.6. The molecule has 2 amide bonds. The molecule has 0 bridgehead atoms. The molecule has 0 saturated heterocycles. The zero-order valence-electron chi connectivity index (χ0n) is 17.7. The SMILES string of the molecule is CC(C)(C)OC(=O)NC(Cc1ccccc1)C(=O)NN=Cc1ccc2nccnc2c1. The summed E-state index contributed by atoms with van der Waals surface area (Å²) in [6.45, 7) is 5.28. The van der Waals surface area contributed by atoms with Crippen molar-refractivity contribution in [1.82, 2.24) is 20.7 Å². The summed E-state index contributed by atoms with van der Waals surface area (Å²) in [6.07, 6.45) is 4.38. The molecule has 31 heavy (non-hydrogen) atoms. The van der Waals surface area contributed by atoms with Crippen LogP contribution in [0.4, 0.5) is 4.79 Å². The van der Waals surface area contributed by atoms with E-state index in [2.05, 4.69) is 25.8 Å². The fraction of sp³-hybridized carbons (Fsp3) is 0.261. The molecule has 2 N–H and O–H groups in total. The van der Waals surface area contributed by atoms with Gasteiger partial charge in [0.1, 0.15) is 11.6 Å². The number of hydrazone groups is 1. The maximum Gasteiger partial charge on any atom is 0.408 e. The number of fused-ring (bicyclic) bond motifs is 1. The molecule has 3 rings (SSSR count). The van der Waals surface area contributed by atoms with Crippen LogP contribution in [0.1, 0.15) is 31.9 Å². The van der Waals surface area contributed by atoms with E-state index in [1.54, 1.807) is 33.2 Å². The van der Waals surface area contributed by atoms with Gasteiger partial charge in [0.05, 0.1) is 17.2 Å². The molecule has 1 atom stereocenters. The van der Waals surface area contributed by atoms with Crippen LogP contribution < -0.4 is 10.7 Å². The Bertz CT molecular complexity index is 1080. The largest absolute Gasteiger partial charge is 0.444 e. The van der Waals surface area contributed by atoms with E-state index in [0.717, 1.165) is 22.2 Å². The van der Waals surface area contributed by atoms with Crippen molar-refractivity contribution < 1.29 is 14.3 Å². The molecule has 0 aliphatic carbocycles. The Balaban J connectivity index is 1.68. The van der Waals surface area contributed by atoms with E-state index in [0.29, 0.717) is 6.42 Å². The number of hydrogen-bond donors (Lipinski definition) is 2. The maximum absolute atomic E-state index is 12.7. The molecule has 0 spiro atoms. The maximum atomic E-state index is 12.7. The highest BCUT2D eigenvalue weighted by molar-refractivity contribution is 5.89. The zero-order chi connectivity index (χ0) is 22.3. The van der Waals surface area contributed by atoms with Gasteiger partial charge in [0, 0.05) is 18.8 Å². The van der Waals surface area contributed by atoms with Gasteiger partial charge in [-0.25, -0.2) is 10.2 Å². The number of hydrogen-bond acceptors (Lipinski definition) is 6. The van der Waals surface area contributed by atoms with Crippen molar-refractivity contribution in [3.63, 3.8) is 0 Å². The van der Waals surface area contributed by atoms with E-state index in [-0.39, 0.29) is 0 Å². The number of aromatic nitrogens is 2. The van der Waals surface area contributed by atoms with E-state index < -0.39 is 23.6 Å². The standard InChI is InChI=1S/C23H25N5O3/c1-23(2,3)31-22(30)27-20(13-16-7-5-4-6-8-16)21(29)28-26-15-17-9-10-18-19(14-17)25-12-11-24-18/h4-12,14-15,20H,13H2,1-3H3,(H,27,30)(H,28,29). The molecular weight excluding hydrogens is 394 g/mol. The quantitative estimate of drug-likeness (QED) is 0.471. The Morgan fingerprint density at radius 3 is 2.48 bits per heavy atom. The summed E-state index contributed by atoms with van der Waals surface area (Å²) in [6, 6.07) is 14.0. The van der Waals surface area contributed by atoms with Crippen LogP contribution in [0.25, 0.3) is 11.0 Å². The summed E-state index contributed by atoms with van der Waals surface area (Å²) < 4.78 is 5.29. The van der Waals surface area contributed by atoms with Crippen molar-refractivity contribution in [1.29, 1.82) is 0 Å². The van der Waals surface area contributed by atoms with Gasteiger partial charge in [0.2, 0.25) is 0 Å². The van der Waals surface area contributed by atoms with E-state index >= 15 is 0 Å². The van der Waals surface area contributed by atoms with Gasteiger partial charge < -0.3 is 10.1 Å². The van der Waals surface area contributed by atoms with Gasteiger partial charge in [-0.3, -0.25) is 14.8 Å². The van der Waals surface area contributed by atoms with Crippen LogP contribution in [0.15, 0.2) is 66.0 Å². The van der Waals surface area contributed by atoms with Gasteiger partial charge >= 0.3 is 6.09 Å². The fourth-order valence-corrected chi connectivity index (χ4v) is 2.82. The van der Waals surface area contributed by atoms with Gasteiger partial charge in [-0.2, -0.15) is 5.10 Å². The normalized spacial score (nSPS) is 12.5. The second-order valence-corrected chi connectivity index (χ2v) is 7.93. The first-order chi connectivity index (χ1) is 14.8. The minimum Gasteiger partial charge on any atom is -0.444 e. The smallest absolute Gasteiger partial charge is 0.408 e. The van der Waals surface area contributed by atoms with E-state index in [1.165, 1.54) is 6.21 Å². The lowest BCUT2D eigenvalue weighted by molar-refractivity contribution is -0.123. The molecule has 8 nitrogen and oxygen atoms in total. The van der Waals surface area contributed by atoms with Crippen molar-refractivity contribution >= 4 is 29.2 Å². The van der Waals surface area contributed by atoms with Crippen LogP contribution in [0, 0.1) is 0 Å². The third-order valence-corrected chi connectivity index (χ3v) is 4.17. The summed E-state index contributed by atoms with van der Waals surface area (Å²) in [5, 5.41) is 6.66. The molecule has 1 heterocycles. The van der Waals surface area contributed by atoms with Crippen molar-refractivity contribution in [2.24, 2.45) is 5.10 Å². The van der Waals surface area contributed by atoms with Crippen molar-refractivity contribution in [2.45, 2.75) is 38.8 Å². The number of alkyl carbamates (subject to hydrolysis) is 1. The Hall–Kier alpha value is -3.81. The van der Waals surface area contributed by atoms with Crippen molar-refractivity contribution in [3.05, 3.63) is 72.1 Å². The summed E-state index contributed by atoms with van der Waals surface area (Å²) in [7, 11) is 0. The molecule has 0 aliphatic heterocycles. The Morgan fingerprint density at radius 2 is 1.77 bits per heavy atom. The Morgan fingerprint density at radius 1 is 1.06 bits per heavy atom.